The van der Waals surface area contributed by atoms with Gasteiger partial charge >= 0.3 is 5.97 Å². The Morgan fingerprint density at radius 3 is 2.62 bits per heavy atom. The summed E-state index contributed by atoms with van der Waals surface area (Å²) >= 11 is 0. The Morgan fingerprint density at radius 1 is 1.38 bits per heavy atom. The molecule has 0 atom stereocenters. The third-order valence-electron chi connectivity index (χ3n) is 4.06. The molecule has 1 aromatic carbocycles. The van der Waals surface area contributed by atoms with Crippen molar-refractivity contribution in [2.24, 2.45) is 5.92 Å². The molecule has 4 heteroatoms. The Kier molecular flexibility index (Phi) is 5.23. The highest BCUT2D eigenvalue weighted by Gasteiger charge is 2.20. The van der Waals surface area contributed by atoms with Crippen molar-refractivity contribution in [3.8, 4) is 0 Å². The van der Waals surface area contributed by atoms with E-state index in [1.54, 1.807) is 12.1 Å². The van der Waals surface area contributed by atoms with Crippen LogP contribution in [0, 0.1) is 12.8 Å². The molecule has 0 bridgehead atoms. The van der Waals surface area contributed by atoms with Crippen LogP contribution in [0.25, 0.3) is 0 Å². The van der Waals surface area contributed by atoms with Crippen LogP contribution in [0.1, 0.15) is 42.6 Å². The smallest absolute Gasteiger partial charge is 0.335 e. The van der Waals surface area contributed by atoms with Crippen molar-refractivity contribution in [1.82, 2.24) is 4.90 Å². The number of hydrogen-bond acceptors (Lipinski definition) is 3. The molecule has 1 heterocycles. The summed E-state index contributed by atoms with van der Waals surface area (Å²) in [7, 11) is 0. The lowest BCUT2D eigenvalue weighted by molar-refractivity contribution is 0.0697. The number of benzene rings is 1. The molecule has 0 aliphatic carbocycles. The van der Waals surface area contributed by atoms with Crippen LogP contribution in [-0.2, 0) is 0 Å². The highest BCUT2D eigenvalue weighted by Crippen LogP contribution is 2.22. The van der Waals surface area contributed by atoms with E-state index in [0.29, 0.717) is 17.5 Å². The predicted molar refractivity (Wildman–Crippen MR) is 86.1 cm³/mol. The molecule has 1 fully saturated rings. The molecule has 2 rings (SSSR count). The van der Waals surface area contributed by atoms with E-state index in [2.05, 4.69) is 24.1 Å². The Bertz CT molecular complexity index is 492. The maximum Gasteiger partial charge on any atom is 0.335 e. The van der Waals surface area contributed by atoms with E-state index < -0.39 is 5.97 Å². The lowest BCUT2D eigenvalue weighted by Crippen LogP contribution is -2.40. The van der Waals surface area contributed by atoms with Crippen molar-refractivity contribution < 1.29 is 9.90 Å². The zero-order chi connectivity index (χ0) is 15.4. The number of nitrogens with zero attached hydrogens (tertiary/aromatic N) is 1. The van der Waals surface area contributed by atoms with Gasteiger partial charge in [-0.3, -0.25) is 0 Å². The van der Waals surface area contributed by atoms with Crippen molar-refractivity contribution in [2.75, 3.05) is 25.0 Å². The summed E-state index contributed by atoms with van der Waals surface area (Å²) in [5.74, 6) is -0.159. The number of hydrogen-bond donors (Lipinski definition) is 2. The number of carboxylic acids is 1. The van der Waals surface area contributed by atoms with Gasteiger partial charge in [0.15, 0.2) is 0 Å². The third-order valence-corrected chi connectivity index (χ3v) is 4.06. The number of nitrogens with one attached hydrogen (secondary N) is 1. The summed E-state index contributed by atoms with van der Waals surface area (Å²) in [6.07, 6.45) is 2.23. The summed E-state index contributed by atoms with van der Waals surface area (Å²) in [6, 6.07) is 5.72. The fourth-order valence-corrected chi connectivity index (χ4v) is 2.91. The first-order chi connectivity index (χ1) is 9.95. The van der Waals surface area contributed by atoms with E-state index in [1.165, 1.54) is 6.54 Å². The van der Waals surface area contributed by atoms with E-state index in [-0.39, 0.29) is 0 Å². The minimum absolute atomic E-state index is 0.348. The van der Waals surface area contributed by atoms with Gasteiger partial charge in [0.1, 0.15) is 0 Å². The molecular formula is C17H26N2O2. The van der Waals surface area contributed by atoms with E-state index in [0.717, 1.165) is 37.2 Å². The topological polar surface area (TPSA) is 52.6 Å². The monoisotopic (exact) mass is 290 g/mol. The number of anilines is 1. The molecule has 21 heavy (non-hydrogen) atoms. The van der Waals surface area contributed by atoms with Gasteiger partial charge in [0.05, 0.1) is 5.56 Å². The molecule has 1 saturated heterocycles. The average molecular weight is 290 g/mol. The van der Waals surface area contributed by atoms with Crippen molar-refractivity contribution in [1.29, 1.82) is 0 Å². The van der Waals surface area contributed by atoms with Gasteiger partial charge in [0.25, 0.3) is 0 Å². The molecule has 4 nitrogen and oxygen atoms in total. The summed E-state index contributed by atoms with van der Waals surface area (Å²) in [6.45, 7) is 9.93. The molecule has 116 valence electrons. The average Bonchev–Trinajstić information content (AvgIpc) is 2.42. The minimum atomic E-state index is -0.871. The first-order valence-electron chi connectivity index (χ1n) is 7.78. The fourth-order valence-electron chi connectivity index (χ4n) is 2.91. The molecule has 0 spiro atoms. The largest absolute Gasteiger partial charge is 0.478 e. The van der Waals surface area contributed by atoms with E-state index in [1.807, 2.05) is 13.0 Å². The lowest BCUT2D eigenvalue weighted by atomic mass is 10.0. The van der Waals surface area contributed by atoms with Crippen molar-refractivity contribution in [2.45, 2.75) is 39.7 Å². The van der Waals surface area contributed by atoms with Gasteiger partial charge in [0, 0.05) is 31.4 Å². The second-order valence-corrected chi connectivity index (χ2v) is 6.45. The quantitative estimate of drug-likeness (QED) is 0.874. The number of aryl methyl sites for hydroxylation is 1. The highest BCUT2D eigenvalue weighted by atomic mass is 16.4. The van der Waals surface area contributed by atoms with Gasteiger partial charge in [0.2, 0.25) is 0 Å². The molecule has 1 aliphatic heterocycles. The summed E-state index contributed by atoms with van der Waals surface area (Å²) < 4.78 is 0. The van der Waals surface area contributed by atoms with Crippen LogP contribution in [0.4, 0.5) is 5.69 Å². The van der Waals surface area contributed by atoms with Gasteiger partial charge < -0.3 is 15.3 Å². The molecular weight excluding hydrogens is 264 g/mol. The Hall–Kier alpha value is -1.55. The van der Waals surface area contributed by atoms with Gasteiger partial charge in [-0.25, -0.2) is 4.79 Å². The van der Waals surface area contributed by atoms with Gasteiger partial charge in [-0.2, -0.15) is 0 Å². The SMILES string of the molecule is Cc1ccc(C(=O)O)cc1NC1CCN(CC(C)C)CC1. The van der Waals surface area contributed by atoms with Crippen molar-refractivity contribution in [3.63, 3.8) is 0 Å². The zero-order valence-electron chi connectivity index (χ0n) is 13.2. The molecule has 0 amide bonds. The van der Waals surface area contributed by atoms with Gasteiger partial charge in [-0.1, -0.05) is 19.9 Å². The number of piperidine rings is 1. The number of carboxylic acid groups (broad SMARTS) is 1. The van der Waals surface area contributed by atoms with Crippen LogP contribution in [0.5, 0.6) is 0 Å². The summed E-state index contributed by atoms with van der Waals surface area (Å²) in [4.78, 5) is 13.6. The molecule has 0 unspecified atom stereocenters. The minimum Gasteiger partial charge on any atom is -0.478 e. The van der Waals surface area contributed by atoms with Crippen molar-refractivity contribution >= 4 is 11.7 Å². The zero-order valence-corrected chi connectivity index (χ0v) is 13.2. The summed E-state index contributed by atoms with van der Waals surface area (Å²) in [5.41, 5.74) is 2.40. The molecule has 1 aromatic rings. The molecule has 1 aliphatic rings. The van der Waals surface area contributed by atoms with Crippen LogP contribution in [0.2, 0.25) is 0 Å². The fraction of sp³-hybridized carbons (Fsp3) is 0.588. The second kappa shape index (κ2) is 6.94. The predicted octanol–water partition coefficient (Wildman–Crippen LogP) is 3.23. The molecule has 2 N–H and O–H groups in total. The number of likely N-dealkylation sites (tertiary alicyclic amines) is 1. The molecule has 0 radical (unpaired) electrons. The maximum atomic E-state index is 11.1. The molecule has 0 saturated carbocycles. The Morgan fingerprint density at radius 2 is 2.05 bits per heavy atom. The van der Waals surface area contributed by atoms with Crippen LogP contribution in [0.15, 0.2) is 18.2 Å². The number of aromatic carboxylic acids is 1. The van der Waals surface area contributed by atoms with Gasteiger partial charge in [-0.15, -0.1) is 0 Å². The second-order valence-electron chi connectivity index (χ2n) is 6.45. The maximum absolute atomic E-state index is 11.1. The number of rotatable bonds is 5. The standard InChI is InChI=1S/C17H26N2O2/c1-12(2)11-19-8-6-15(7-9-19)18-16-10-14(17(20)21)5-4-13(16)3/h4-5,10,12,15,18H,6-9,11H2,1-3H3,(H,20,21). The van der Waals surface area contributed by atoms with Crippen LogP contribution >= 0.6 is 0 Å². The highest BCUT2D eigenvalue weighted by molar-refractivity contribution is 5.89. The van der Waals surface area contributed by atoms with E-state index in [9.17, 15) is 4.79 Å². The Balaban J connectivity index is 1.94. The summed E-state index contributed by atoms with van der Waals surface area (Å²) in [5, 5.41) is 12.6. The van der Waals surface area contributed by atoms with E-state index >= 15 is 0 Å². The lowest BCUT2D eigenvalue weighted by Gasteiger charge is -2.34. The van der Waals surface area contributed by atoms with E-state index in [4.69, 9.17) is 5.11 Å². The third kappa shape index (κ3) is 4.46. The van der Waals surface area contributed by atoms with Crippen LogP contribution in [0.3, 0.4) is 0 Å². The van der Waals surface area contributed by atoms with Crippen molar-refractivity contribution in [3.05, 3.63) is 29.3 Å². The first-order valence-corrected chi connectivity index (χ1v) is 7.78. The normalized spacial score (nSPS) is 17.1. The van der Waals surface area contributed by atoms with Crippen LogP contribution in [-0.4, -0.2) is 41.7 Å². The number of carbonyl (C=O) groups is 1. The van der Waals surface area contributed by atoms with Gasteiger partial charge in [-0.05, 0) is 43.4 Å². The first kappa shape index (κ1) is 15.8. The Labute approximate surface area is 127 Å². The van der Waals surface area contributed by atoms with Crippen LogP contribution < -0.4 is 5.32 Å². The molecule has 0 aromatic heterocycles.